The minimum atomic E-state index is 0.224. The van der Waals surface area contributed by atoms with E-state index in [1.54, 1.807) is 0 Å². The Hall–Kier alpha value is -1.58. The van der Waals surface area contributed by atoms with Crippen LogP contribution in [0.1, 0.15) is 36.4 Å². The van der Waals surface area contributed by atoms with Crippen LogP contribution in [0.25, 0.3) is 10.9 Å². The summed E-state index contributed by atoms with van der Waals surface area (Å²) in [6.45, 7) is 0.224. The van der Waals surface area contributed by atoms with Crippen LogP contribution in [0, 0.1) is 5.92 Å². The van der Waals surface area contributed by atoms with Crippen molar-refractivity contribution in [1.82, 2.24) is 4.98 Å². The fourth-order valence-corrected chi connectivity index (χ4v) is 4.28. The molecule has 2 bridgehead atoms. The number of benzene rings is 1. The molecule has 2 aliphatic carbocycles. The first-order valence-electron chi connectivity index (χ1n) is 7.83. The third kappa shape index (κ3) is 2.20. The lowest BCUT2D eigenvalue weighted by molar-refractivity contribution is 0.293. The highest BCUT2D eigenvalue weighted by Crippen LogP contribution is 2.47. The number of hydrogen-bond donors (Lipinski definition) is 2. The summed E-state index contributed by atoms with van der Waals surface area (Å²) in [5.74, 6) is 0.962. The van der Waals surface area contributed by atoms with Crippen molar-refractivity contribution in [2.24, 2.45) is 5.92 Å². The van der Waals surface area contributed by atoms with E-state index in [1.165, 1.54) is 11.1 Å². The number of nitrogens with zero attached hydrogens (tertiary/aromatic N) is 1. The summed E-state index contributed by atoms with van der Waals surface area (Å²) < 4.78 is 0. The number of pyridine rings is 1. The van der Waals surface area contributed by atoms with E-state index in [-0.39, 0.29) is 6.61 Å². The lowest BCUT2D eigenvalue weighted by Gasteiger charge is -2.36. The van der Waals surface area contributed by atoms with E-state index in [0.717, 1.165) is 48.0 Å². The van der Waals surface area contributed by atoms with Gasteiger partial charge < -0.3 is 10.8 Å². The van der Waals surface area contributed by atoms with Crippen LogP contribution in [-0.4, -0.2) is 16.7 Å². The van der Waals surface area contributed by atoms with Gasteiger partial charge in [-0.2, -0.15) is 0 Å². The highest BCUT2D eigenvalue weighted by Gasteiger charge is 2.33. The summed E-state index contributed by atoms with van der Waals surface area (Å²) in [6.07, 6.45) is 6.20. The Morgan fingerprint density at radius 3 is 3.00 bits per heavy atom. The second-order valence-corrected chi connectivity index (χ2v) is 6.88. The number of nitrogens with two attached hydrogens (primary N) is 1. The molecule has 3 nitrogen and oxygen atoms in total. The molecule has 2 aliphatic rings. The summed E-state index contributed by atoms with van der Waals surface area (Å²) in [5.41, 5.74) is 12.0. The Bertz CT molecular complexity index is 784. The number of anilines is 1. The van der Waals surface area contributed by atoms with Crippen LogP contribution < -0.4 is 5.73 Å². The first-order valence-corrected chi connectivity index (χ1v) is 8.21. The van der Waals surface area contributed by atoms with Gasteiger partial charge in [0, 0.05) is 34.0 Å². The molecule has 3 N–H and O–H groups in total. The number of fused-ring (bicyclic) bond motifs is 5. The lowest BCUT2D eigenvalue weighted by atomic mass is 9.70. The Morgan fingerprint density at radius 2 is 2.18 bits per heavy atom. The molecule has 0 spiro atoms. The van der Waals surface area contributed by atoms with Gasteiger partial charge in [-0.05, 0) is 55.7 Å². The first kappa shape index (κ1) is 14.0. The van der Waals surface area contributed by atoms with E-state index >= 15 is 0 Å². The van der Waals surface area contributed by atoms with Gasteiger partial charge in [0.2, 0.25) is 0 Å². The molecule has 0 amide bonds. The molecule has 4 rings (SSSR count). The predicted octanol–water partition coefficient (Wildman–Crippen LogP) is 3.83. The molecule has 2 unspecified atom stereocenters. The summed E-state index contributed by atoms with van der Waals surface area (Å²) in [6, 6.07) is 5.74. The summed E-state index contributed by atoms with van der Waals surface area (Å²) in [7, 11) is 0. The van der Waals surface area contributed by atoms with Crippen LogP contribution in [0.15, 0.2) is 29.8 Å². The zero-order valence-electron chi connectivity index (χ0n) is 12.3. The van der Waals surface area contributed by atoms with Crippen molar-refractivity contribution in [2.45, 2.75) is 31.6 Å². The van der Waals surface area contributed by atoms with Gasteiger partial charge in [0.05, 0.1) is 5.52 Å². The standard InChI is InChI=1S/C18H19ClN2O/c19-13-1-2-14-15(9-13)21-16-8-11-5-10(3-4-22)6-12(7-11)17(16)18(14)20/h1-2,5,9,11-12,22H,3-4,6-8H2,(H2,20,21). The molecule has 22 heavy (non-hydrogen) atoms. The second-order valence-electron chi connectivity index (χ2n) is 6.45. The fraction of sp³-hybridized carbons (Fsp3) is 0.389. The molecule has 1 aromatic carbocycles. The molecule has 0 saturated heterocycles. The van der Waals surface area contributed by atoms with E-state index in [9.17, 15) is 5.11 Å². The van der Waals surface area contributed by atoms with Gasteiger partial charge in [-0.1, -0.05) is 23.3 Å². The quantitative estimate of drug-likeness (QED) is 0.828. The Kier molecular flexibility index (Phi) is 3.35. The van der Waals surface area contributed by atoms with Crippen molar-refractivity contribution in [3.8, 4) is 0 Å². The average Bonchev–Trinajstić information content (AvgIpc) is 2.46. The molecule has 0 fully saturated rings. The molecule has 114 valence electrons. The van der Waals surface area contributed by atoms with Crippen LogP contribution >= 0.6 is 11.6 Å². The van der Waals surface area contributed by atoms with Gasteiger partial charge in [0.25, 0.3) is 0 Å². The van der Waals surface area contributed by atoms with Gasteiger partial charge >= 0.3 is 0 Å². The first-order chi connectivity index (χ1) is 10.7. The monoisotopic (exact) mass is 314 g/mol. The second kappa shape index (κ2) is 5.25. The van der Waals surface area contributed by atoms with E-state index in [0.29, 0.717) is 16.9 Å². The van der Waals surface area contributed by atoms with Crippen LogP contribution in [0.4, 0.5) is 5.69 Å². The number of nitrogen functional groups attached to an aromatic ring is 1. The highest BCUT2D eigenvalue weighted by atomic mass is 35.5. The van der Waals surface area contributed by atoms with Gasteiger partial charge in [-0.3, -0.25) is 4.98 Å². The summed E-state index contributed by atoms with van der Waals surface area (Å²) in [5, 5.41) is 10.9. The molecule has 4 heteroatoms. The molecule has 0 saturated carbocycles. The van der Waals surface area contributed by atoms with Crippen molar-refractivity contribution >= 4 is 28.2 Å². The van der Waals surface area contributed by atoms with E-state index < -0.39 is 0 Å². The Morgan fingerprint density at radius 1 is 1.32 bits per heavy atom. The van der Waals surface area contributed by atoms with Crippen LogP contribution in [0.5, 0.6) is 0 Å². The van der Waals surface area contributed by atoms with Crippen LogP contribution in [0.3, 0.4) is 0 Å². The molecule has 1 heterocycles. The van der Waals surface area contributed by atoms with Crippen molar-refractivity contribution in [2.75, 3.05) is 12.3 Å². The topological polar surface area (TPSA) is 59.1 Å². The van der Waals surface area contributed by atoms with Gasteiger partial charge in [-0.25, -0.2) is 0 Å². The molecular weight excluding hydrogens is 296 g/mol. The largest absolute Gasteiger partial charge is 0.398 e. The zero-order valence-corrected chi connectivity index (χ0v) is 13.1. The molecule has 2 atom stereocenters. The van der Waals surface area contributed by atoms with Gasteiger partial charge in [0.1, 0.15) is 0 Å². The molecular formula is C18H19ClN2O. The van der Waals surface area contributed by atoms with Crippen molar-refractivity contribution in [1.29, 1.82) is 0 Å². The minimum absolute atomic E-state index is 0.224. The smallest absolute Gasteiger partial charge is 0.0741 e. The third-order valence-corrected chi connectivity index (χ3v) is 5.21. The maximum absolute atomic E-state index is 9.21. The minimum Gasteiger partial charge on any atom is -0.398 e. The average molecular weight is 315 g/mol. The fourth-order valence-electron chi connectivity index (χ4n) is 4.12. The Labute approximate surface area is 134 Å². The predicted molar refractivity (Wildman–Crippen MR) is 90.1 cm³/mol. The molecule has 2 aromatic rings. The number of aliphatic hydroxyl groups is 1. The molecule has 0 radical (unpaired) electrons. The number of hydrogen-bond acceptors (Lipinski definition) is 3. The van der Waals surface area contributed by atoms with Crippen molar-refractivity contribution in [3.05, 3.63) is 46.1 Å². The normalized spacial score (nSPS) is 23.3. The zero-order chi connectivity index (χ0) is 15.3. The molecule has 0 aliphatic heterocycles. The summed E-state index contributed by atoms with van der Waals surface area (Å²) >= 11 is 6.09. The van der Waals surface area contributed by atoms with Crippen molar-refractivity contribution < 1.29 is 5.11 Å². The maximum Gasteiger partial charge on any atom is 0.0741 e. The maximum atomic E-state index is 9.21. The number of aliphatic hydroxyl groups excluding tert-OH is 1. The van der Waals surface area contributed by atoms with Crippen LogP contribution in [-0.2, 0) is 6.42 Å². The number of halogens is 1. The third-order valence-electron chi connectivity index (χ3n) is 4.97. The number of allylic oxidation sites excluding steroid dienone is 1. The van der Waals surface area contributed by atoms with E-state index in [1.807, 2.05) is 18.2 Å². The Balaban J connectivity index is 1.85. The SMILES string of the molecule is Nc1c2c(nc3cc(Cl)ccc13)CC1C=C(CCO)CC2C1. The van der Waals surface area contributed by atoms with Gasteiger partial charge in [0.15, 0.2) is 0 Å². The van der Waals surface area contributed by atoms with E-state index in [4.69, 9.17) is 22.3 Å². The van der Waals surface area contributed by atoms with Crippen molar-refractivity contribution in [3.63, 3.8) is 0 Å². The molecule has 1 aromatic heterocycles. The number of rotatable bonds is 2. The number of aromatic nitrogens is 1. The van der Waals surface area contributed by atoms with Crippen LogP contribution in [0.2, 0.25) is 5.02 Å². The van der Waals surface area contributed by atoms with E-state index in [2.05, 4.69) is 6.08 Å². The highest BCUT2D eigenvalue weighted by molar-refractivity contribution is 6.31. The van der Waals surface area contributed by atoms with Gasteiger partial charge in [-0.15, -0.1) is 0 Å². The lowest BCUT2D eigenvalue weighted by Crippen LogP contribution is -2.24. The summed E-state index contributed by atoms with van der Waals surface area (Å²) in [4.78, 5) is 4.85.